The van der Waals surface area contributed by atoms with E-state index < -0.39 is 0 Å². The molecule has 0 aliphatic carbocycles. The van der Waals surface area contributed by atoms with Crippen molar-refractivity contribution in [3.63, 3.8) is 0 Å². The smallest absolute Gasteiger partial charge is 0.132 e. The highest BCUT2D eigenvalue weighted by Crippen LogP contribution is 2.18. The van der Waals surface area contributed by atoms with Gasteiger partial charge in [0.2, 0.25) is 0 Å². The van der Waals surface area contributed by atoms with Crippen LogP contribution in [0.25, 0.3) is 0 Å². The van der Waals surface area contributed by atoms with E-state index >= 15 is 0 Å². The van der Waals surface area contributed by atoms with Gasteiger partial charge in [0, 0.05) is 19.3 Å². The highest BCUT2D eigenvalue weighted by atomic mass is 15.2. The lowest BCUT2D eigenvalue weighted by molar-refractivity contribution is 0.562. The summed E-state index contributed by atoms with van der Waals surface area (Å²) in [5.41, 5.74) is 0. The Labute approximate surface area is 97.1 Å². The topological polar surface area (TPSA) is 41.1 Å². The fourth-order valence-electron chi connectivity index (χ4n) is 2.22. The number of nitrogens with zero attached hydrogens (tertiary/aromatic N) is 3. The normalized spacial score (nSPS) is 21.5. The summed E-state index contributed by atoms with van der Waals surface area (Å²) >= 11 is 0. The SMILES string of the molecule is Cc1nccc(N(C)C2CCCNCC2)n1. The Morgan fingerprint density at radius 2 is 2.25 bits per heavy atom. The number of hydrogen-bond acceptors (Lipinski definition) is 4. The molecule has 0 amide bonds. The minimum Gasteiger partial charge on any atom is -0.357 e. The number of nitrogens with one attached hydrogen (secondary N) is 1. The van der Waals surface area contributed by atoms with Crippen molar-refractivity contribution in [1.82, 2.24) is 15.3 Å². The zero-order valence-corrected chi connectivity index (χ0v) is 10.1. The quantitative estimate of drug-likeness (QED) is 0.817. The molecule has 1 atom stereocenters. The van der Waals surface area contributed by atoms with E-state index in [0.717, 1.165) is 24.7 Å². The molecule has 1 fully saturated rings. The number of aryl methyl sites for hydroxylation is 1. The van der Waals surface area contributed by atoms with Gasteiger partial charge in [-0.05, 0) is 45.3 Å². The first-order valence-electron chi connectivity index (χ1n) is 6.00. The molecule has 2 rings (SSSR count). The van der Waals surface area contributed by atoms with Crippen LogP contribution >= 0.6 is 0 Å². The van der Waals surface area contributed by atoms with Gasteiger partial charge in [0.25, 0.3) is 0 Å². The number of rotatable bonds is 2. The third kappa shape index (κ3) is 2.70. The average Bonchev–Trinajstić information content (AvgIpc) is 2.56. The Morgan fingerprint density at radius 1 is 1.38 bits per heavy atom. The van der Waals surface area contributed by atoms with Crippen LogP contribution < -0.4 is 10.2 Å². The van der Waals surface area contributed by atoms with Crippen molar-refractivity contribution >= 4 is 5.82 Å². The third-order valence-electron chi connectivity index (χ3n) is 3.22. The summed E-state index contributed by atoms with van der Waals surface area (Å²) in [6.07, 6.45) is 5.52. The zero-order chi connectivity index (χ0) is 11.4. The zero-order valence-electron chi connectivity index (χ0n) is 10.1. The second-order valence-electron chi connectivity index (χ2n) is 4.41. The van der Waals surface area contributed by atoms with Crippen molar-refractivity contribution in [3.8, 4) is 0 Å². The highest BCUT2D eigenvalue weighted by molar-refractivity contribution is 5.37. The monoisotopic (exact) mass is 220 g/mol. The second kappa shape index (κ2) is 5.25. The van der Waals surface area contributed by atoms with Gasteiger partial charge in [0.05, 0.1) is 0 Å². The van der Waals surface area contributed by atoms with Gasteiger partial charge in [-0.25, -0.2) is 9.97 Å². The van der Waals surface area contributed by atoms with E-state index in [2.05, 4.69) is 27.2 Å². The van der Waals surface area contributed by atoms with Crippen LogP contribution in [0.5, 0.6) is 0 Å². The molecule has 0 spiro atoms. The summed E-state index contributed by atoms with van der Waals surface area (Å²) in [6, 6.07) is 2.59. The summed E-state index contributed by atoms with van der Waals surface area (Å²) in [4.78, 5) is 10.9. The highest BCUT2D eigenvalue weighted by Gasteiger charge is 2.17. The molecule has 1 N–H and O–H groups in total. The summed E-state index contributed by atoms with van der Waals surface area (Å²) in [7, 11) is 2.14. The predicted molar refractivity (Wildman–Crippen MR) is 65.7 cm³/mol. The molecular weight excluding hydrogens is 200 g/mol. The third-order valence-corrected chi connectivity index (χ3v) is 3.22. The lowest BCUT2D eigenvalue weighted by Crippen LogP contribution is -2.33. The molecule has 88 valence electrons. The van der Waals surface area contributed by atoms with Crippen LogP contribution in [0.1, 0.15) is 25.1 Å². The van der Waals surface area contributed by atoms with E-state index in [1.54, 1.807) is 0 Å². The van der Waals surface area contributed by atoms with Crippen LogP contribution in [0.2, 0.25) is 0 Å². The lowest BCUT2D eigenvalue weighted by atomic mass is 10.1. The second-order valence-corrected chi connectivity index (χ2v) is 4.41. The Kier molecular flexibility index (Phi) is 3.72. The van der Waals surface area contributed by atoms with Crippen LogP contribution in [-0.4, -0.2) is 36.1 Å². The fraction of sp³-hybridized carbons (Fsp3) is 0.667. The summed E-state index contributed by atoms with van der Waals surface area (Å²) in [5.74, 6) is 1.88. The Bertz CT molecular complexity index is 332. The molecule has 0 radical (unpaired) electrons. The fourth-order valence-corrected chi connectivity index (χ4v) is 2.22. The Morgan fingerprint density at radius 3 is 3.06 bits per heavy atom. The molecule has 1 aliphatic heterocycles. The number of aromatic nitrogens is 2. The molecule has 0 bridgehead atoms. The number of hydrogen-bond donors (Lipinski definition) is 1. The largest absolute Gasteiger partial charge is 0.357 e. The summed E-state index contributed by atoms with van der Waals surface area (Å²) < 4.78 is 0. The maximum Gasteiger partial charge on any atom is 0.132 e. The number of anilines is 1. The van der Waals surface area contributed by atoms with Crippen molar-refractivity contribution in [3.05, 3.63) is 18.1 Å². The first-order chi connectivity index (χ1) is 7.77. The van der Waals surface area contributed by atoms with Gasteiger partial charge in [-0.3, -0.25) is 0 Å². The Hall–Kier alpha value is -1.16. The van der Waals surface area contributed by atoms with Gasteiger partial charge in [-0.1, -0.05) is 0 Å². The van der Waals surface area contributed by atoms with Gasteiger partial charge in [-0.15, -0.1) is 0 Å². The first kappa shape index (κ1) is 11.3. The molecule has 1 saturated heterocycles. The standard InChI is InChI=1S/C12H20N4/c1-10-14-9-6-12(15-10)16(2)11-4-3-7-13-8-5-11/h6,9,11,13H,3-5,7-8H2,1-2H3. The molecule has 1 aromatic rings. The van der Waals surface area contributed by atoms with Crippen LogP contribution in [0.15, 0.2) is 12.3 Å². The molecule has 1 aromatic heterocycles. The average molecular weight is 220 g/mol. The van der Waals surface area contributed by atoms with Gasteiger partial charge in [0.1, 0.15) is 11.6 Å². The predicted octanol–water partition coefficient (Wildman–Crippen LogP) is 1.36. The van der Waals surface area contributed by atoms with Gasteiger partial charge in [-0.2, -0.15) is 0 Å². The van der Waals surface area contributed by atoms with Crippen LogP contribution in [-0.2, 0) is 0 Å². The molecule has 1 aliphatic rings. The van der Waals surface area contributed by atoms with E-state index in [1.807, 2.05) is 19.2 Å². The van der Waals surface area contributed by atoms with Gasteiger partial charge < -0.3 is 10.2 Å². The minimum atomic E-state index is 0.601. The van der Waals surface area contributed by atoms with Gasteiger partial charge >= 0.3 is 0 Å². The molecule has 0 aromatic carbocycles. The molecular formula is C12H20N4. The summed E-state index contributed by atoms with van der Waals surface area (Å²) in [6.45, 7) is 4.19. The molecule has 1 unspecified atom stereocenters. The molecule has 4 heteroatoms. The maximum absolute atomic E-state index is 4.47. The van der Waals surface area contributed by atoms with E-state index in [4.69, 9.17) is 0 Å². The molecule has 0 saturated carbocycles. The van der Waals surface area contributed by atoms with E-state index in [1.165, 1.54) is 19.3 Å². The lowest BCUT2D eigenvalue weighted by Gasteiger charge is -2.28. The minimum absolute atomic E-state index is 0.601. The molecule has 4 nitrogen and oxygen atoms in total. The molecule has 2 heterocycles. The summed E-state index contributed by atoms with van der Waals surface area (Å²) in [5, 5.41) is 3.44. The first-order valence-corrected chi connectivity index (χ1v) is 6.00. The Balaban J connectivity index is 2.07. The van der Waals surface area contributed by atoms with E-state index in [-0.39, 0.29) is 0 Å². The van der Waals surface area contributed by atoms with Crippen LogP contribution in [0.4, 0.5) is 5.82 Å². The van der Waals surface area contributed by atoms with Crippen molar-refractivity contribution in [2.45, 2.75) is 32.2 Å². The van der Waals surface area contributed by atoms with Gasteiger partial charge in [0.15, 0.2) is 0 Å². The van der Waals surface area contributed by atoms with E-state index in [0.29, 0.717) is 6.04 Å². The van der Waals surface area contributed by atoms with Crippen molar-refractivity contribution < 1.29 is 0 Å². The van der Waals surface area contributed by atoms with Crippen molar-refractivity contribution in [1.29, 1.82) is 0 Å². The van der Waals surface area contributed by atoms with Crippen LogP contribution in [0, 0.1) is 6.92 Å². The van der Waals surface area contributed by atoms with Crippen molar-refractivity contribution in [2.75, 3.05) is 25.0 Å². The van der Waals surface area contributed by atoms with Crippen LogP contribution in [0.3, 0.4) is 0 Å². The molecule has 16 heavy (non-hydrogen) atoms. The maximum atomic E-state index is 4.47. The van der Waals surface area contributed by atoms with Crippen molar-refractivity contribution in [2.24, 2.45) is 0 Å². The van der Waals surface area contributed by atoms with E-state index in [9.17, 15) is 0 Å².